The average Bonchev–Trinajstić information content (AvgIpc) is 2.27. The van der Waals surface area contributed by atoms with Crippen LogP contribution >= 0.6 is 0 Å². The minimum absolute atomic E-state index is 0.215. The second kappa shape index (κ2) is 6.14. The van der Waals surface area contributed by atoms with Gasteiger partial charge in [-0.15, -0.1) is 0 Å². The summed E-state index contributed by atoms with van der Waals surface area (Å²) in [5, 5.41) is 8.83. The molecular formula is C13H18N2O3. The lowest BCUT2D eigenvalue weighted by Crippen LogP contribution is -2.38. The molecule has 5 heteroatoms. The zero-order valence-corrected chi connectivity index (χ0v) is 10.9. The molecule has 0 fully saturated rings. The lowest BCUT2D eigenvalue weighted by atomic mass is 10.1. The van der Waals surface area contributed by atoms with Crippen molar-refractivity contribution in [3.63, 3.8) is 0 Å². The van der Waals surface area contributed by atoms with Gasteiger partial charge in [0, 0.05) is 18.4 Å². The van der Waals surface area contributed by atoms with E-state index in [1.165, 1.54) is 11.1 Å². The van der Waals surface area contributed by atoms with E-state index in [0.29, 0.717) is 12.1 Å². The second-order valence-electron chi connectivity index (χ2n) is 4.66. The van der Waals surface area contributed by atoms with E-state index < -0.39 is 5.97 Å². The molecule has 18 heavy (non-hydrogen) atoms. The van der Waals surface area contributed by atoms with Gasteiger partial charge in [0.05, 0.1) is 5.56 Å². The number of hydrogen-bond acceptors (Lipinski definition) is 3. The van der Waals surface area contributed by atoms with E-state index in [4.69, 9.17) is 5.11 Å². The third-order valence-electron chi connectivity index (χ3n) is 2.36. The number of carbonyl (C=O) groups is 2. The standard InChI is InChI=1S/C13H18N2O3/c1-9(2)7-15(8-12(16)17)13(18)11-5-4-10(3)14-6-11/h4-6,9H,7-8H2,1-3H3,(H,16,17). The average molecular weight is 250 g/mol. The van der Waals surface area contributed by atoms with Gasteiger partial charge >= 0.3 is 5.97 Å². The van der Waals surface area contributed by atoms with Crippen molar-refractivity contribution in [2.45, 2.75) is 20.8 Å². The van der Waals surface area contributed by atoms with Crippen molar-refractivity contribution in [1.29, 1.82) is 0 Å². The highest BCUT2D eigenvalue weighted by Gasteiger charge is 2.19. The van der Waals surface area contributed by atoms with E-state index in [1.54, 1.807) is 12.1 Å². The number of rotatable bonds is 5. The monoisotopic (exact) mass is 250 g/mol. The van der Waals surface area contributed by atoms with Gasteiger partial charge < -0.3 is 10.0 Å². The first kappa shape index (κ1) is 14.2. The van der Waals surface area contributed by atoms with Crippen LogP contribution in [0.2, 0.25) is 0 Å². The number of carboxylic acids is 1. The molecule has 0 aliphatic heterocycles. The van der Waals surface area contributed by atoms with Gasteiger partial charge in [0.1, 0.15) is 6.54 Å². The van der Waals surface area contributed by atoms with Crippen molar-refractivity contribution in [3.8, 4) is 0 Å². The van der Waals surface area contributed by atoms with Crippen molar-refractivity contribution in [2.24, 2.45) is 5.92 Å². The van der Waals surface area contributed by atoms with Crippen LogP contribution in [0.25, 0.3) is 0 Å². The maximum atomic E-state index is 12.1. The molecule has 0 saturated carbocycles. The fourth-order valence-corrected chi connectivity index (χ4v) is 1.60. The van der Waals surface area contributed by atoms with Gasteiger partial charge in [-0.2, -0.15) is 0 Å². The zero-order valence-electron chi connectivity index (χ0n) is 10.9. The highest BCUT2D eigenvalue weighted by atomic mass is 16.4. The van der Waals surface area contributed by atoms with Crippen LogP contribution in [-0.4, -0.2) is 40.0 Å². The molecule has 98 valence electrons. The second-order valence-corrected chi connectivity index (χ2v) is 4.66. The Labute approximate surface area is 106 Å². The Morgan fingerprint density at radius 2 is 2.06 bits per heavy atom. The summed E-state index contributed by atoms with van der Waals surface area (Å²) in [6, 6.07) is 3.40. The number of amides is 1. The number of hydrogen-bond donors (Lipinski definition) is 1. The number of nitrogens with zero attached hydrogens (tertiary/aromatic N) is 2. The Morgan fingerprint density at radius 3 is 2.50 bits per heavy atom. The molecule has 0 aromatic carbocycles. The SMILES string of the molecule is Cc1ccc(C(=O)N(CC(=O)O)CC(C)C)cn1. The predicted octanol–water partition coefficient (Wildman–Crippen LogP) is 1.57. The number of carbonyl (C=O) groups excluding carboxylic acids is 1. The maximum absolute atomic E-state index is 12.1. The lowest BCUT2D eigenvalue weighted by molar-refractivity contribution is -0.137. The van der Waals surface area contributed by atoms with Gasteiger partial charge in [-0.25, -0.2) is 0 Å². The minimum atomic E-state index is -1.01. The number of aromatic nitrogens is 1. The topological polar surface area (TPSA) is 70.5 Å². The number of carboxylic acid groups (broad SMARTS) is 1. The van der Waals surface area contributed by atoms with E-state index in [1.807, 2.05) is 20.8 Å². The molecule has 1 rings (SSSR count). The summed E-state index contributed by atoms with van der Waals surface area (Å²) in [6.45, 7) is 5.84. The van der Waals surface area contributed by atoms with E-state index in [-0.39, 0.29) is 18.4 Å². The Kier molecular flexibility index (Phi) is 4.83. The summed E-state index contributed by atoms with van der Waals surface area (Å²) in [5.74, 6) is -1.09. The Morgan fingerprint density at radius 1 is 1.39 bits per heavy atom. The molecule has 0 unspecified atom stereocenters. The Hall–Kier alpha value is -1.91. The number of pyridine rings is 1. The molecule has 0 saturated heterocycles. The summed E-state index contributed by atoms with van der Waals surface area (Å²) in [7, 11) is 0. The van der Waals surface area contributed by atoms with Crippen LogP contribution in [0, 0.1) is 12.8 Å². The van der Waals surface area contributed by atoms with Crippen LogP contribution in [0.3, 0.4) is 0 Å². The molecule has 0 atom stereocenters. The van der Waals surface area contributed by atoms with Crippen molar-refractivity contribution in [1.82, 2.24) is 9.88 Å². The van der Waals surface area contributed by atoms with Crippen LogP contribution in [-0.2, 0) is 4.79 Å². The summed E-state index contributed by atoms with van der Waals surface area (Å²) in [6.07, 6.45) is 1.48. The van der Waals surface area contributed by atoms with Gasteiger partial charge in [-0.3, -0.25) is 14.6 Å². The van der Waals surface area contributed by atoms with Gasteiger partial charge in [0.2, 0.25) is 0 Å². The molecule has 0 aliphatic carbocycles. The predicted molar refractivity (Wildman–Crippen MR) is 67.4 cm³/mol. The van der Waals surface area contributed by atoms with Crippen molar-refractivity contribution in [2.75, 3.05) is 13.1 Å². The van der Waals surface area contributed by atoms with E-state index in [0.717, 1.165) is 5.69 Å². The number of aryl methyl sites for hydroxylation is 1. The fourth-order valence-electron chi connectivity index (χ4n) is 1.60. The number of aliphatic carboxylic acids is 1. The van der Waals surface area contributed by atoms with Crippen LogP contribution in [0.4, 0.5) is 0 Å². The Bertz CT molecular complexity index is 426. The smallest absolute Gasteiger partial charge is 0.323 e. The summed E-state index contributed by atoms with van der Waals surface area (Å²) >= 11 is 0. The highest BCUT2D eigenvalue weighted by Crippen LogP contribution is 2.07. The van der Waals surface area contributed by atoms with E-state index in [9.17, 15) is 9.59 Å². The summed E-state index contributed by atoms with van der Waals surface area (Å²) in [4.78, 5) is 28.3. The van der Waals surface area contributed by atoms with Gasteiger partial charge in [-0.05, 0) is 25.0 Å². The third kappa shape index (κ3) is 4.16. The van der Waals surface area contributed by atoms with Gasteiger partial charge in [0.15, 0.2) is 0 Å². The van der Waals surface area contributed by atoms with Crippen LogP contribution in [0.5, 0.6) is 0 Å². The minimum Gasteiger partial charge on any atom is -0.480 e. The third-order valence-corrected chi connectivity index (χ3v) is 2.36. The molecule has 0 aliphatic rings. The first-order valence-electron chi connectivity index (χ1n) is 5.84. The molecule has 1 heterocycles. The summed E-state index contributed by atoms with van der Waals surface area (Å²) in [5.41, 5.74) is 1.24. The zero-order chi connectivity index (χ0) is 13.7. The van der Waals surface area contributed by atoms with E-state index >= 15 is 0 Å². The first-order chi connectivity index (χ1) is 8.40. The van der Waals surface area contributed by atoms with Crippen molar-refractivity contribution < 1.29 is 14.7 Å². The van der Waals surface area contributed by atoms with Gasteiger partial charge in [0.25, 0.3) is 5.91 Å². The fraction of sp³-hybridized carbons (Fsp3) is 0.462. The van der Waals surface area contributed by atoms with Crippen LogP contribution in [0.15, 0.2) is 18.3 Å². The Balaban J connectivity index is 2.87. The van der Waals surface area contributed by atoms with E-state index in [2.05, 4.69) is 4.98 Å². The molecule has 1 amide bonds. The van der Waals surface area contributed by atoms with Crippen LogP contribution < -0.4 is 0 Å². The molecule has 0 radical (unpaired) electrons. The van der Waals surface area contributed by atoms with Crippen molar-refractivity contribution >= 4 is 11.9 Å². The van der Waals surface area contributed by atoms with Gasteiger partial charge in [-0.1, -0.05) is 13.8 Å². The summed E-state index contributed by atoms with van der Waals surface area (Å²) < 4.78 is 0. The largest absolute Gasteiger partial charge is 0.480 e. The quantitative estimate of drug-likeness (QED) is 0.861. The van der Waals surface area contributed by atoms with Crippen molar-refractivity contribution in [3.05, 3.63) is 29.6 Å². The molecule has 0 bridgehead atoms. The molecule has 1 aromatic heterocycles. The maximum Gasteiger partial charge on any atom is 0.323 e. The molecule has 1 N–H and O–H groups in total. The molecule has 5 nitrogen and oxygen atoms in total. The molecule has 0 spiro atoms. The molecule has 1 aromatic rings. The first-order valence-corrected chi connectivity index (χ1v) is 5.84. The van der Waals surface area contributed by atoms with Crippen LogP contribution in [0.1, 0.15) is 29.9 Å². The highest BCUT2D eigenvalue weighted by molar-refractivity contribution is 5.95. The molecular weight excluding hydrogens is 232 g/mol. The normalized spacial score (nSPS) is 10.4. The lowest BCUT2D eigenvalue weighted by Gasteiger charge is -2.22.